The molecule has 80 valence electrons. The minimum absolute atomic E-state index is 0.149. The number of carboxylic acid groups (broad SMARTS) is 1. The highest BCUT2D eigenvalue weighted by Crippen LogP contribution is 2.28. The third-order valence-electron chi connectivity index (χ3n) is 2.60. The summed E-state index contributed by atoms with van der Waals surface area (Å²) < 4.78 is 0. The molecule has 0 atom stereocenters. The summed E-state index contributed by atoms with van der Waals surface area (Å²) in [4.78, 5) is 16.6. The average Bonchev–Trinajstić information content (AvgIpc) is 2.73. The van der Waals surface area contributed by atoms with Crippen molar-refractivity contribution in [2.45, 2.75) is 0 Å². The van der Waals surface area contributed by atoms with E-state index in [9.17, 15) is 9.90 Å². The van der Waals surface area contributed by atoms with Crippen molar-refractivity contribution in [3.8, 4) is 5.75 Å². The number of rotatable bonds is 1. The van der Waals surface area contributed by atoms with Crippen molar-refractivity contribution in [3.63, 3.8) is 0 Å². The smallest absolute Gasteiger partial charge is 0.352 e. The average molecular weight is 216 g/mol. The summed E-state index contributed by atoms with van der Waals surface area (Å²) in [6, 6.07) is 6.50. The van der Waals surface area contributed by atoms with Crippen molar-refractivity contribution >= 4 is 27.9 Å². The second-order valence-corrected chi connectivity index (χ2v) is 3.63. The molecule has 0 amide bonds. The van der Waals surface area contributed by atoms with Crippen molar-refractivity contribution in [3.05, 3.63) is 30.0 Å². The van der Waals surface area contributed by atoms with E-state index in [1.807, 2.05) is 0 Å². The zero-order valence-corrected chi connectivity index (χ0v) is 8.11. The Morgan fingerprint density at radius 2 is 1.94 bits per heavy atom. The maximum atomic E-state index is 10.8. The summed E-state index contributed by atoms with van der Waals surface area (Å²) in [5.74, 6) is -0.814. The Morgan fingerprint density at radius 3 is 2.69 bits per heavy atom. The van der Waals surface area contributed by atoms with Gasteiger partial charge in [0.1, 0.15) is 17.1 Å². The van der Waals surface area contributed by atoms with Crippen LogP contribution in [0.3, 0.4) is 0 Å². The van der Waals surface area contributed by atoms with E-state index in [2.05, 4.69) is 9.97 Å². The molecule has 16 heavy (non-hydrogen) atoms. The topological polar surface area (TPSA) is 89.1 Å². The molecular formula is C11H8N2O3. The number of hydrogen-bond acceptors (Lipinski definition) is 2. The van der Waals surface area contributed by atoms with Crippen molar-refractivity contribution in [1.82, 2.24) is 9.97 Å². The lowest BCUT2D eigenvalue weighted by atomic mass is 10.2. The molecule has 0 saturated heterocycles. The fraction of sp³-hybridized carbons (Fsp3) is 0. The van der Waals surface area contributed by atoms with Gasteiger partial charge in [-0.3, -0.25) is 0 Å². The van der Waals surface area contributed by atoms with Gasteiger partial charge in [-0.25, -0.2) is 4.79 Å². The number of fused-ring (bicyclic) bond motifs is 3. The molecule has 3 aromatic rings. The largest absolute Gasteiger partial charge is 0.508 e. The van der Waals surface area contributed by atoms with Gasteiger partial charge in [-0.15, -0.1) is 0 Å². The molecule has 2 aromatic heterocycles. The Kier molecular flexibility index (Phi) is 1.54. The van der Waals surface area contributed by atoms with Crippen LogP contribution in [0.1, 0.15) is 10.5 Å². The lowest BCUT2D eigenvalue weighted by Crippen LogP contribution is -1.95. The number of aromatic carboxylic acids is 1. The zero-order valence-electron chi connectivity index (χ0n) is 8.11. The maximum Gasteiger partial charge on any atom is 0.352 e. The van der Waals surface area contributed by atoms with Gasteiger partial charge in [0.05, 0.1) is 5.52 Å². The number of phenolic OH excluding ortho intramolecular Hbond substituents is 1. The summed E-state index contributed by atoms with van der Waals surface area (Å²) in [6.07, 6.45) is 0. The number of aromatic hydroxyl groups is 1. The highest BCUT2D eigenvalue weighted by Gasteiger charge is 2.11. The summed E-state index contributed by atoms with van der Waals surface area (Å²) in [5, 5.41) is 19.8. The van der Waals surface area contributed by atoms with E-state index < -0.39 is 5.97 Å². The van der Waals surface area contributed by atoms with Crippen LogP contribution in [0.4, 0.5) is 0 Å². The molecule has 0 fully saturated rings. The van der Waals surface area contributed by atoms with Crippen LogP contribution in [0.5, 0.6) is 5.75 Å². The highest BCUT2D eigenvalue weighted by molar-refractivity contribution is 6.09. The van der Waals surface area contributed by atoms with Crippen LogP contribution in [-0.2, 0) is 0 Å². The molecule has 0 aliphatic rings. The van der Waals surface area contributed by atoms with Crippen LogP contribution >= 0.6 is 0 Å². The van der Waals surface area contributed by atoms with Crippen LogP contribution in [0.25, 0.3) is 21.9 Å². The minimum atomic E-state index is -0.989. The normalized spacial score (nSPS) is 11.2. The number of H-pyrrole nitrogens is 2. The quantitative estimate of drug-likeness (QED) is 0.502. The van der Waals surface area contributed by atoms with Crippen LogP contribution in [-0.4, -0.2) is 26.2 Å². The monoisotopic (exact) mass is 216 g/mol. The van der Waals surface area contributed by atoms with E-state index in [-0.39, 0.29) is 11.4 Å². The molecule has 0 unspecified atom stereocenters. The second-order valence-electron chi connectivity index (χ2n) is 3.63. The number of benzene rings is 1. The number of hydrogen-bond donors (Lipinski definition) is 4. The van der Waals surface area contributed by atoms with Crippen molar-refractivity contribution in [1.29, 1.82) is 0 Å². The Bertz CT molecular complexity index is 708. The van der Waals surface area contributed by atoms with E-state index in [1.165, 1.54) is 0 Å². The van der Waals surface area contributed by atoms with Gasteiger partial charge < -0.3 is 20.2 Å². The van der Waals surface area contributed by atoms with E-state index in [1.54, 1.807) is 24.3 Å². The number of nitrogens with one attached hydrogen (secondary N) is 2. The standard InChI is InChI=1S/C11H8N2O3/c14-5-1-2-6-7-4-9(11(15)16)13-10(7)12-8(6)3-5/h1-4,12-14H,(H,15,16). The predicted octanol–water partition coefficient (Wildman–Crippen LogP) is 2.05. The van der Waals surface area contributed by atoms with Crippen LogP contribution in [0.2, 0.25) is 0 Å². The summed E-state index contributed by atoms with van der Waals surface area (Å²) >= 11 is 0. The van der Waals surface area contributed by atoms with Crippen LogP contribution in [0.15, 0.2) is 24.3 Å². The van der Waals surface area contributed by atoms with Crippen LogP contribution in [0, 0.1) is 0 Å². The molecule has 1 aromatic carbocycles. The fourth-order valence-electron chi connectivity index (χ4n) is 1.89. The molecule has 0 radical (unpaired) electrons. The van der Waals surface area contributed by atoms with E-state index in [0.717, 1.165) is 16.3 Å². The number of aromatic amines is 2. The summed E-state index contributed by atoms with van der Waals surface area (Å²) in [7, 11) is 0. The van der Waals surface area contributed by atoms with Crippen molar-refractivity contribution < 1.29 is 15.0 Å². The molecule has 0 spiro atoms. The first-order valence-electron chi connectivity index (χ1n) is 4.72. The van der Waals surface area contributed by atoms with Gasteiger partial charge in [0.15, 0.2) is 0 Å². The number of phenols is 1. The first kappa shape index (κ1) is 8.84. The third-order valence-corrected chi connectivity index (χ3v) is 2.60. The molecule has 0 bridgehead atoms. The van der Waals surface area contributed by atoms with Crippen LogP contribution < -0.4 is 0 Å². The molecular weight excluding hydrogens is 208 g/mol. The van der Waals surface area contributed by atoms with E-state index in [0.29, 0.717) is 5.65 Å². The number of aromatic nitrogens is 2. The molecule has 5 nitrogen and oxygen atoms in total. The van der Waals surface area contributed by atoms with E-state index >= 15 is 0 Å². The molecule has 0 aliphatic heterocycles. The second kappa shape index (κ2) is 2.79. The SMILES string of the molecule is O=C(O)c1cc2c([nH]1)[nH]c1cc(O)ccc12. The number of carboxylic acids is 1. The lowest BCUT2D eigenvalue weighted by molar-refractivity contribution is 0.0691. The van der Waals surface area contributed by atoms with Gasteiger partial charge in [0.25, 0.3) is 0 Å². The Balaban J connectivity index is 2.38. The molecule has 2 heterocycles. The summed E-state index contributed by atoms with van der Waals surface area (Å²) in [5.41, 5.74) is 1.58. The molecule has 5 heteroatoms. The van der Waals surface area contributed by atoms with E-state index in [4.69, 9.17) is 5.11 Å². The Labute approximate surface area is 89.3 Å². The minimum Gasteiger partial charge on any atom is -0.508 e. The fourth-order valence-corrected chi connectivity index (χ4v) is 1.89. The van der Waals surface area contributed by atoms with Gasteiger partial charge >= 0.3 is 5.97 Å². The molecule has 0 aliphatic carbocycles. The van der Waals surface area contributed by atoms with Gasteiger partial charge in [0, 0.05) is 16.8 Å². The van der Waals surface area contributed by atoms with Crippen molar-refractivity contribution in [2.75, 3.05) is 0 Å². The third kappa shape index (κ3) is 1.08. The first-order valence-corrected chi connectivity index (χ1v) is 4.72. The maximum absolute atomic E-state index is 10.8. The van der Waals surface area contributed by atoms with Gasteiger partial charge in [-0.05, 0) is 18.2 Å². The number of carbonyl (C=O) groups is 1. The molecule has 0 saturated carbocycles. The molecule has 3 rings (SSSR count). The Morgan fingerprint density at radius 1 is 1.12 bits per heavy atom. The molecule has 4 N–H and O–H groups in total. The summed E-state index contributed by atoms with van der Waals surface area (Å²) in [6.45, 7) is 0. The first-order chi connectivity index (χ1) is 7.65. The lowest BCUT2D eigenvalue weighted by Gasteiger charge is -1.91. The zero-order chi connectivity index (χ0) is 11.3. The predicted molar refractivity (Wildman–Crippen MR) is 58.8 cm³/mol. The van der Waals surface area contributed by atoms with Gasteiger partial charge in [0.2, 0.25) is 0 Å². The van der Waals surface area contributed by atoms with Gasteiger partial charge in [-0.2, -0.15) is 0 Å². The van der Waals surface area contributed by atoms with Gasteiger partial charge in [-0.1, -0.05) is 0 Å². The Hall–Kier alpha value is -2.43. The highest BCUT2D eigenvalue weighted by atomic mass is 16.4. The van der Waals surface area contributed by atoms with Crippen molar-refractivity contribution in [2.24, 2.45) is 0 Å².